The summed E-state index contributed by atoms with van der Waals surface area (Å²) in [5.74, 6) is -0.782. The first kappa shape index (κ1) is 25.7. The minimum atomic E-state index is -1.32. The molecule has 11 heteroatoms. The number of carbonyl (C=O) groups is 3. The van der Waals surface area contributed by atoms with Crippen LogP contribution in [0, 0.1) is 6.92 Å². The average molecular weight is 579 g/mol. The van der Waals surface area contributed by atoms with Gasteiger partial charge < -0.3 is 14.8 Å². The number of ketones is 1. The van der Waals surface area contributed by atoms with E-state index >= 15 is 0 Å². The molecule has 4 heterocycles. The van der Waals surface area contributed by atoms with Crippen LogP contribution in [0.3, 0.4) is 0 Å². The molecule has 0 radical (unpaired) electrons. The molecule has 5 rings (SSSR count). The average Bonchev–Trinajstić information content (AvgIpc) is 3.45. The van der Waals surface area contributed by atoms with Crippen molar-refractivity contribution in [2.75, 3.05) is 11.9 Å². The monoisotopic (exact) mass is 578 g/mol. The molecule has 1 saturated heterocycles. The zero-order valence-electron chi connectivity index (χ0n) is 20.7. The van der Waals surface area contributed by atoms with Crippen molar-refractivity contribution in [1.29, 1.82) is 0 Å². The number of hydrogen-bond donors (Lipinski definition) is 1. The standard InChI is InChI=1S/C27H24BrFN6O3/c1-15-6-8-21(33-32-15)17-7-9-22-19(10-17)20(16(2)36)13-34(22)14-26(37)35-12-18(29)11-23(35)27(38)31-25-5-3-4-24(28)30-25/h3-10,13,18,23H,11-12,14H2,1-2H3,(H,30,31,38). The molecule has 38 heavy (non-hydrogen) atoms. The van der Waals surface area contributed by atoms with Gasteiger partial charge in [0.1, 0.15) is 29.2 Å². The van der Waals surface area contributed by atoms with E-state index in [2.05, 4.69) is 36.4 Å². The highest BCUT2D eigenvalue weighted by atomic mass is 79.9. The molecule has 2 amide bonds. The Balaban J connectivity index is 1.41. The number of carbonyl (C=O) groups excluding carboxylic acids is 3. The van der Waals surface area contributed by atoms with Gasteiger partial charge in [0.25, 0.3) is 0 Å². The maximum atomic E-state index is 14.4. The van der Waals surface area contributed by atoms with Gasteiger partial charge in [-0.3, -0.25) is 14.4 Å². The summed E-state index contributed by atoms with van der Waals surface area (Å²) in [5.41, 5.74) is 3.36. The number of fused-ring (bicyclic) bond motifs is 1. The van der Waals surface area contributed by atoms with Crippen molar-refractivity contribution in [2.45, 2.75) is 39.0 Å². The number of alkyl halides is 1. The van der Waals surface area contributed by atoms with Crippen molar-refractivity contribution in [1.82, 2.24) is 24.6 Å². The number of aryl methyl sites for hydroxylation is 1. The van der Waals surface area contributed by atoms with Crippen LogP contribution in [0.1, 0.15) is 29.4 Å². The number of pyridine rings is 1. The number of rotatable bonds is 6. The van der Waals surface area contributed by atoms with Crippen LogP contribution in [0.15, 0.2) is 59.3 Å². The van der Waals surface area contributed by atoms with Crippen molar-refractivity contribution in [3.8, 4) is 11.3 Å². The number of benzene rings is 1. The highest BCUT2D eigenvalue weighted by Crippen LogP contribution is 2.29. The second-order valence-corrected chi connectivity index (χ2v) is 10.1. The molecule has 1 aliphatic heterocycles. The molecule has 9 nitrogen and oxygen atoms in total. The van der Waals surface area contributed by atoms with Gasteiger partial charge in [0.15, 0.2) is 5.78 Å². The fourth-order valence-corrected chi connectivity index (χ4v) is 5.00. The molecule has 4 aromatic rings. The number of nitrogens with one attached hydrogen (secondary N) is 1. The van der Waals surface area contributed by atoms with Gasteiger partial charge in [-0.1, -0.05) is 12.1 Å². The van der Waals surface area contributed by atoms with Crippen LogP contribution in [-0.4, -0.2) is 61.0 Å². The molecule has 0 spiro atoms. The minimum absolute atomic E-state index is 0.0996. The molecular formula is C27H24BrFN6O3. The van der Waals surface area contributed by atoms with Crippen molar-refractivity contribution < 1.29 is 18.8 Å². The molecule has 0 aliphatic carbocycles. The lowest BCUT2D eigenvalue weighted by Crippen LogP contribution is -2.44. The number of aromatic nitrogens is 4. The number of amides is 2. The summed E-state index contributed by atoms with van der Waals surface area (Å²) >= 11 is 3.25. The first-order chi connectivity index (χ1) is 18.2. The lowest BCUT2D eigenvalue weighted by Gasteiger charge is -2.24. The molecular weight excluding hydrogens is 555 g/mol. The van der Waals surface area contributed by atoms with Gasteiger partial charge in [0, 0.05) is 34.6 Å². The first-order valence-electron chi connectivity index (χ1n) is 12.0. The Morgan fingerprint density at radius 1 is 1.13 bits per heavy atom. The number of anilines is 1. The predicted octanol–water partition coefficient (Wildman–Crippen LogP) is 4.34. The zero-order valence-corrected chi connectivity index (χ0v) is 22.3. The molecule has 1 N–H and O–H groups in total. The Morgan fingerprint density at radius 2 is 1.95 bits per heavy atom. The zero-order chi connectivity index (χ0) is 27.0. The van der Waals surface area contributed by atoms with E-state index in [0.29, 0.717) is 32.6 Å². The topological polar surface area (TPSA) is 110 Å². The third-order valence-corrected chi connectivity index (χ3v) is 6.94. The normalized spacial score (nSPS) is 17.1. The lowest BCUT2D eigenvalue weighted by molar-refractivity contribution is -0.137. The van der Waals surface area contributed by atoms with E-state index in [4.69, 9.17) is 0 Å². The maximum absolute atomic E-state index is 14.4. The quantitative estimate of drug-likeness (QED) is 0.269. The van der Waals surface area contributed by atoms with E-state index in [0.717, 1.165) is 11.3 Å². The third kappa shape index (κ3) is 5.19. The first-order valence-corrected chi connectivity index (χ1v) is 12.8. The van der Waals surface area contributed by atoms with Crippen LogP contribution in [0.2, 0.25) is 0 Å². The molecule has 0 bridgehead atoms. The van der Waals surface area contributed by atoms with E-state index in [9.17, 15) is 18.8 Å². The van der Waals surface area contributed by atoms with Crippen molar-refractivity contribution in [3.63, 3.8) is 0 Å². The second-order valence-electron chi connectivity index (χ2n) is 9.25. The smallest absolute Gasteiger partial charge is 0.248 e. The SMILES string of the molecule is CC(=O)c1cn(CC(=O)N2CC(F)CC2C(=O)Nc2cccc(Br)n2)c2ccc(-c3ccc(C)nn3)cc12. The van der Waals surface area contributed by atoms with Crippen LogP contribution >= 0.6 is 15.9 Å². The summed E-state index contributed by atoms with van der Waals surface area (Å²) in [6, 6.07) is 13.3. The van der Waals surface area contributed by atoms with Crippen LogP contribution < -0.4 is 5.32 Å². The van der Waals surface area contributed by atoms with Crippen LogP contribution in [0.25, 0.3) is 22.2 Å². The fraction of sp³-hybridized carbons (Fsp3) is 0.259. The number of nitrogens with zero attached hydrogens (tertiary/aromatic N) is 5. The number of hydrogen-bond acceptors (Lipinski definition) is 6. The Bertz CT molecular complexity index is 1550. The summed E-state index contributed by atoms with van der Waals surface area (Å²) < 4.78 is 16.6. The molecule has 1 aliphatic rings. The highest BCUT2D eigenvalue weighted by Gasteiger charge is 2.40. The van der Waals surface area contributed by atoms with Gasteiger partial charge in [0.2, 0.25) is 11.8 Å². The van der Waals surface area contributed by atoms with E-state index in [-0.39, 0.29) is 25.3 Å². The minimum Gasteiger partial charge on any atom is -0.337 e. The Labute approximate surface area is 226 Å². The summed E-state index contributed by atoms with van der Waals surface area (Å²) in [7, 11) is 0. The second kappa shape index (κ2) is 10.4. The number of Topliss-reactive ketones (excluding diaryl/α,β-unsaturated/α-hetero) is 1. The molecule has 1 fully saturated rings. The molecule has 1 aromatic carbocycles. The fourth-order valence-electron chi connectivity index (χ4n) is 4.65. The summed E-state index contributed by atoms with van der Waals surface area (Å²) in [6.45, 7) is 2.98. The van der Waals surface area contributed by atoms with E-state index in [1.54, 1.807) is 29.0 Å². The van der Waals surface area contributed by atoms with Gasteiger partial charge in [-0.15, -0.1) is 0 Å². The summed E-state index contributed by atoms with van der Waals surface area (Å²) in [5, 5.41) is 11.7. The molecule has 2 atom stereocenters. The maximum Gasteiger partial charge on any atom is 0.248 e. The Morgan fingerprint density at radius 3 is 2.66 bits per heavy atom. The highest BCUT2D eigenvalue weighted by molar-refractivity contribution is 9.10. The van der Waals surface area contributed by atoms with Gasteiger partial charge in [-0.2, -0.15) is 10.2 Å². The molecule has 0 saturated carbocycles. The van der Waals surface area contributed by atoms with Crippen molar-refractivity contribution in [3.05, 3.63) is 70.6 Å². The molecule has 194 valence electrons. The number of likely N-dealkylation sites (tertiary alicyclic amines) is 1. The van der Waals surface area contributed by atoms with Gasteiger partial charge >= 0.3 is 0 Å². The Kier molecular flexibility index (Phi) is 7.02. The third-order valence-electron chi connectivity index (χ3n) is 6.50. The van der Waals surface area contributed by atoms with Crippen LogP contribution in [0.4, 0.5) is 10.2 Å². The van der Waals surface area contributed by atoms with Gasteiger partial charge in [-0.05, 0) is 66.2 Å². The van der Waals surface area contributed by atoms with Crippen LogP contribution in [-0.2, 0) is 16.1 Å². The Hall–Kier alpha value is -3.99. The van der Waals surface area contributed by atoms with Crippen molar-refractivity contribution >= 4 is 50.2 Å². The van der Waals surface area contributed by atoms with E-state index in [1.165, 1.54) is 11.8 Å². The van der Waals surface area contributed by atoms with E-state index in [1.807, 2.05) is 37.3 Å². The van der Waals surface area contributed by atoms with Gasteiger partial charge in [0.05, 0.1) is 17.9 Å². The van der Waals surface area contributed by atoms with Crippen molar-refractivity contribution in [2.24, 2.45) is 0 Å². The van der Waals surface area contributed by atoms with Crippen LogP contribution in [0.5, 0.6) is 0 Å². The molecule has 3 aromatic heterocycles. The summed E-state index contributed by atoms with van der Waals surface area (Å²) in [4.78, 5) is 44.2. The van der Waals surface area contributed by atoms with Gasteiger partial charge in [-0.25, -0.2) is 9.37 Å². The lowest BCUT2D eigenvalue weighted by atomic mass is 10.1. The number of halogens is 2. The van der Waals surface area contributed by atoms with E-state index < -0.39 is 24.0 Å². The predicted molar refractivity (Wildman–Crippen MR) is 143 cm³/mol. The molecule has 2 unspecified atom stereocenters. The summed E-state index contributed by atoms with van der Waals surface area (Å²) in [6.07, 6.45) is 0.203. The largest absolute Gasteiger partial charge is 0.337 e.